The first-order valence-electron chi connectivity index (χ1n) is 8.87. The first kappa shape index (κ1) is 21.9. The predicted octanol–water partition coefficient (Wildman–Crippen LogP) is 2.00. The van der Waals surface area contributed by atoms with E-state index in [0.29, 0.717) is 17.1 Å². The molecule has 3 aromatic rings. The van der Waals surface area contributed by atoms with Gasteiger partial charge in [-0.1, -0.05) is 0 Å². The van der Waals surface area contributed by atoms with Crippen molar-refractivity contribution in [1.29, 1.82) is 0 Å². The van der Waals surface area contributed by atoms with Crippen LogP contribution in [0.5, 0.6) is 5.75 Å². The third kappa shape index (κ3) is 5.87. The highest BCUT2D eigenvalue weighted by molar-refractivity contribution is 7.89. The molecular formula is C19H19FN6O4S. The fourth-order valence-corrected chi connectivity index (χ4v) is 2.90. The number of hydrogen-bond acceptors (Lipinski definition) is 8. The Morgan fingerprint density at radius 2 is 1.65 bits per heavy atom. The second kappa shape index (κ2) is 8.93. The fourth-order valence-electron chi connectivity index (χ4n) is 2.39. The van der Waals surface area contributed by atoms with Crippen LogP contribution >= 0.6 is 0 Å². The number of hydrogen-bond donors (Lipinski definition) is 4. The number of sulfonamides is 1. The number of halogens is 1. The van der Waals surface area contributed by atoms with Crippen molar-refractivity contribution in [3.05, 3.63) is 60.5 Å². The molecule has 1 heterocycles. The third-order valence-electron chi connectivity index (χ3n) is 4.01. The lowest BCUT2D eigenvalue weighted by Gasteiger charge is -2.12. The summed E-state index contributed by atoms with van der Waals surface area (Å²) >= 11 is 0. The largest absolute Gasteiger partial charge is 0.481 e. The molecule has 1 unspecified atom stereocenters. The molecule has 10 nitrogen and oxygen atoms in total. The number of primary sulfonamides is 1. The Balaban J connectivity index is 1.72. The summed E-state index contributed by atoms with van der Waals surface area (Å²) in [5.74, 6) is -0.854. The van der Waals surface area contributed by atoms with Gasteiger partial charge in [0.05, 0.1) is 11.1 Å². The molecule has 1 aromatic heterocycles. The van der Waals surface area contributed by atoms with Crippen LogP contribution < -0.4 is 26.2 Å². The number of carbonyl (C=O) groups is 1. The Bertz CT molecular complexity index is 1190. The Hall–Kier alpha value is -3.77. The zero-order valence-corrected chi connectivity index (χ0v) is 17.1. The van der Waals surface area contributed by atoms with Crippen LogP contribution in [0, 0.1) is 5.82 Å². The summed E-state index contributed by atoms with van der Waals surface area (Å²) in [4.78, 5) is 19.0. The maximum atomic E-state index is 14.1. The molecule has 1 amide bonds. The number of rotatable bonds is 8. The highest BCUT2D eigenvalue weighted by atomic mass is 32.2. The Morgan fingerprint density at radius 1 is 1.06 bits per heavy atom. The second-order valence-corrected chi connectivity index (χ2v) is 7.96. The number of amides is 1. The van der Waals surface area contributed by atoms with Crippen LogP contribution in [0.15, 0.2) is 59.6 Å². The molecule has 0 aliphatic rings. The topological polar surface area (TPSA) is 162 Å². The quantitative estimate of drug-likeness (QED) is 0.408. The molecule has 0 saturated carbocycles. The molecule has 0 aliphatic carbocycles. The van der Waals surface area contributed by atoms with Crippen molar-refractivity contribution >= 4 is 39.1 Å². The van der Waals surface area contributed by atoms with Crippen LogP contribution in [0.2, 0.25) is 0 Å². The summed E-state index contributed by atoms with van der Waals surface area (Å²) in [5.41, 5.74) is 6.15. The van der Waals surface area contributed by atoms with Crippen molar-refractivity contribution < 1.29 is 22.3 Å². The van der Waals surface area contributed by atoms with Gasteiger partial charge in [0, 0.05) is 11.4 Å². The van der Waals surface area contributed by atoms with Crippen molar-refractivity contribution in [2.24, 2.45) is 10.9 Å². The summed E-state index contributed by atoms with van der Waals surface area (Å²) in [6.07, 6.45) is 0.202. The maximum absolute atomic E-state index is 14.1. The minimum Gasteiger partial charge on any atom is -0.481 e. The first-order valence-corrected chi connectivity index (χ1v) is 10.4. The third-order valence-corrected chi connectivity index (χ3v) is 4.94. The lowest BCUT2D eigenvalue weighted by molar-refractivity contribution is -0.123. The number of primary amides is 1. The van der Waals surface area contributed by atoms with Gasteiger partial charge in [-0.3, -0.25) is 4.79 Å². The van der Waals surface area contributed by atoms with Crippen LogP contribution in [0.25, 0.3) is 0 Å². The van der Waals surface area contributed by atoms with E-state index in [1.165, 1.54) is 31.2 Å². The fraction of sp³-hybridized carbons (Fsp3) is 0.105. The summed E-state index contributed by atoms with van der Waals surface area (Å²) in [7, 11) is -3.80. The average Bonchev–Trinajstić information content (AvgIpc) is 2.71. The average molecular weight is 446 g/mol. The molecule has 0 spiro atoms. The molecule has 0 bridgehead atoms. The molecule has 0 aliphatic heterocycles. The second-order valence-electron chi connectivity index (χ2n) is 6.40. The summed E-state index contributed by atoms with van der Waals surface area (Å²) < 4.78 is 42.1. The number of aromatic nitrogens is 2. The lowest BCUT2D eigenvalue weighted by atomic mass is 10.3. The van der Waals surface area contributed by atoms with E-state index in [4.69, 9.17) is 15.6 Å². The van der Waals surface area contributed by atoms with E-state index in [9.17, 15) is 17.6 Å². The van der Waals surface area contributed by atoms with Gasteiger partial charge >= 0.3 is 0 Å². The number of nitrogens with one attached hydrogen (secondary N) is 2. The molecule has 2 aromatic carbocycles. The SMILES string of the molecule is CC(Oc1ccc(Nc2nc(Nc3ccc(S(N)(=O)=O)cc3)ncc2F)cc1)C(N)=O. The van der Waals surface area contributed by atoms with Gasteiger partial charge in [-0.15, -0.1) is 0 Å². The van der Waals surface area contributed by atoms with Crippen LogP contribution in [0.1, 0.15) is 6.92 Å². The Morgan fingerprint density at radius 3 is 2.23 bits per heavy atom. The summed E-state index contributed by atoms with van der Waals surface area (Å²) in [6, 6.07) is 12.0. The molecule has 31 heavy (non-hydrogen) atoms. The van der Waals surface area contributed by atoms with Gasteiger partial charge in [0.25, 0.3) is 5.91 Å². The smallest absolute Gasteiger partial charge is 0.258 e. The van der Waals surface area contributed by atoms with E-state index < -0.39 is 27.9 Å². The molecular weight excluding hydrogens is 427 g/mol. The molecule has 6 N–H and O–H groups in total. The van der Waals surface area contributed by atoms with Gasteiger partial charge in [0.15, 0.2) is 17.7 Å². The van der Waals surface area contributed by atoms with Gasteiger partial charge in [-0.25, -0.2) is 22.9 Å². The molecule has 1 atom stereocenters. The van der Waals surface area contributed by atoms with Crippen molar-refractivity contribution in [1.82, 2.24) is 9.97 Å². The molecule has 0 saturated heterocycles. The van der Waals surface area contributed by atoms with Crippen LogP contribution in [0.3, 0.4) is 0 Å². The van der Waals surface area contributed by atoms with Crippen LogP contribution in [-0.4, -0.2) is 30.4 Å². The highest BCUT2D eigenvalue weighted by Crippen LogP contribution is 2.23. The zero-order chi connectivity index (χ0) is 22.6. The highest BCUT2D eigenvalue weighted by Gasteiger charge is 2.12. The molecule has 3 rings (SSSR count). The maximum Gasteiger partial charge on any atom is 0.258 e. The number of ether oxygens (including phenoxy) is 1. The van der Waals surface area contributed by atoms with Crippen LogP contribution in [-0.2, 0) is 14.8 Å². The van der Waals surface area contributed by atoms with E-state index in [1.807, 2.05) is 0 Å². The Labute approximate surface area is 177 Å². The monoisotopic (exact) mass is 446 g/mol. The zero-order valence-electron chi connectivity index (χ0n) is 16.2. The summed E-state index contributed by atoms with van der Waals surface area (Å²) in [5, 5.41) is 10.7. The number of anilines is 4. The number of nitrogens with zero attached hydrogens (tertiary/aromatic N) is 2. The van der Waals surface area contributed by atoms with Crippen LogP contribution in [0.4, 0.5) is 27.5 Å². The summed E-state index contributed by atoms with van der Waals surface area (Å²) in [6.45, 7) is 1.53. The van der Waals surface area contributed by atoms with Crippen molar-refractivity contribution in [3.8, 4) is 5.75 Å². The van der Waals surface area contributed by atoms with Crippen molar-refractivity contribution in [2.45, 2.75) is 17.9 Å². The van der Waals surface area contributed by atoms with Gasteiger partial charge in [-0.2, -0.15) is 4.98 Å². The van der Waals surface area contributed by atoms with Gasteiger partial charge < -0.3 is 21.1 Å². The van der Waals surface area contributed by atoms with E-state index in [1.54, 1.807) is 24.3 Å². The van der Waals surface area contributed by atoms with E-state index in [2.05, 4.69) is 20.6 Å². The Kier molecular flexibility index (Phi) is 6.32. The van der Waals surface area contributed by atoms with Crippen molar-refractivity contribution in [3.63, 3.8) is 0 Å². The molecule has 162 valence electrons. The number of benzene rings is 2. The standard InChI is InChI=1S/C19H19FN6O4S/c1-11(17(21)27)30-14-6-2-12(3-7-14)24-18-16(20)10-23-19(26-18)25-13-4-8-15(9-5-13)31(22,28)29/h2-11H,1H3,(H2,21,27)(H2,22,28,29)(H2,23,24,25,26). The molecule has 0 fully saturated rings. The van der Waals surface area contributed by atoms with E-state index in [-0.39, 0.29) is 16.7 Å². The van der Waals surface area contributed by atoms with Gasteiger partial charge in [-0.05, 0) is 55.5 Å². The normalized spacial score (nSPS) is 12.1. The first-order chi connectivity index (χ1) is 14.6. The minimum atomic E-state index is -3.80. The predicted molar refractivity (Wildman–Crippen MR) is 112 cm³/mol. The number of nitrogens with two attached hydrogens (primary N) is 2. The number of carbonyl (C=O) groups excluding carboxylic acids is 1. The minimum absolute atomic E-state index is 0.0434. The van der Waals surface area contributed by atoms with E-state index >= 15 is 0 Å². The molecule has 12 heteroatoms. The van der Waals surface area contributed by atoms with E-state index in [0.717, 1.165) is 6.20 Å². The molecule has 0 radical (unpaired) electrons. The van der Waals surface area contributed by atoms with Gasteiger partial charge in [0.2, 0.25) is 16.0 Å². The van der Waals surface area contributed by atoms with Gasteiger partial charge in [0.1, 0.15) is 5.75 Å². The lowest BCUT2D eigenvalue weighted by Crippen LogP contribution is -2.30. The van der Waals surface area contributed by atoms with Crippen molar-refractivity contribution in [2.75, 3.05) is 10.6 Å².